The zero-order valence-electron chi connectivity index (χ0n) is 10.9. The molecule has 1 aromatic rings. The fourth-order valence-corrected chi connectivity index (χ4v) is 2.85. The topological polar surface area (TPSA) is 38.7 Å². The minimum absolute atomic E-state index is 0.471. The second-order valence-corrected chi connectivity index (χ2v) is 5.07. The number of fused-ring (bicyclic) bond motifs is 3. The average Bonchev–Trinajstić information content (AvgIpc) is 2.66. The van der Waals surface area contributed by atoms with Crippen LogP contribution >= 0.6 is 0 Å². The molecule has 3 heteroatoms. The largest absolute Gasteiger partial charge is 0.488 e. The van der Waals surface area contributed by atoms with Gasteiger partial charge in [-0.2, -0.15) is 0 Å². The molecule has 3 aliphatic rings. The Morgan fingerprint density at radius 1 is 1.10 bits per heavy atom. The van der Waals surface area contributed by atoms with Crippen molar-refractivity contribution in [2.45, 2.75) is 12.5 Å². The van der Waals surface area contributed by atoms with Crippen LogP contribution in [0, 0.1) is 0 Å². The van der Waals surface area contributed by atoms with Gasteiger partial charge in [-0.05, 0) is 17.7 Å². The maximum Gasteiger partial charge on any atom is 0.127 e. The highest BCUT2D eigenvalue weighted by Crippen LogP contribution is 2.40. The van der Waals surface area contributed by atoms with Gasteiger partial charge >= 0.3 is 0 Å². The standard InChI is InChI=1S/C17H14O3/c18-11-5-6-14-15-10-20-16-4-2-1-3-13(16)12(15)7-8-19-17(14)9-11/h1-8,11,18H,9-10H2. The van der Waals surface area contributed by atoms with Crippen LogP contribution in [0.3, 0.4) is 0 Å². The summed E-state index contributed by atoms with van der Waals surface area (Å²) in [6.07, 6.45) is 7.46. The summed E-state index contributed by atoms with van der Waals surface area (Å²) in [6.45, 7) is 0.527. The van der Waals surface area contributed by atoms with Crippen LogP contribution in [0.1, 0.15) is 12.0 Å². The molecular formula is C17H14O3. The van der Waals surface area contributed by atoms with E-state index < -0.39 is 6.10 Å². The fourth-order valence-electron chi connectivity index (χ4n) is 2.85. The predicted molar refractivity (Wildman–Crippen MR) is 75.9 cm³/mol. The summed E-state index contributed by atoms with van der Waals surface area (Å²) in [6, 6.07) is 8.02. The molecule has 20 heavy (non-hydrogen) atoms. The Kier molecular flexibility index (Phi) is 2.54. The molecule has 0 fully saturated rings. The molecule has 0 saturated heterocycles. The molecule has 0 spiro atoms. The molecule has 1 N–H and O–H groups in total. The summed E-state index contributed by atoms with van der Waals surface area (Å²) in [4.78, 5) is 0. The lowest BCUT2D eigenvalue weighted by Crippen LogP contribution is -2.16. The summed E-state index contributed by atoms with van der Waals surface area (Å²) in [5.41, 5.74) is 4.38. The lowest BCUT2D eigenvalue weighted by Gasteiger charge is -2.24. The Bertz CT molecular complexity index is 692. The van der Waals surface area contributed by atoms with E-state index >= 15 is 0 Å². The van der Waals surface area contributed by atoms with Crippen molar-refractivity contribution in [3.05, 3.63) is 71.2 Å². The quantitative estimate of drug-likeness (QED) is 0.784. The van der Waals surface area contributed by atoms with E-state index in [1.165, 1.54) is 0 Å². The number of aliphatic hydroxyl groups is 1. The van der Waals surface area contributed by atoms with E-state index in [0.29, 0.717) is 13.0 Å². The highest BCUT2D eigenvalue weighted by atomic mass is 16.5. The normalized spacial score (nSPS) is 23.4. The highest BCUT2D eigenvalue weighted by Gasteiger charge is 2.26. The van der Waals surface area contributed by atoms with Gasteiger partial charge in [-0.1, -0.05) is 30.4 Å². The molecule has 4 rings (SSSR count). The number of aliphatic hydroxyl groups excluding tert-OH is 1. The Hall–Kier alpha value is -2.26. The molecular weight excluding hydrogens is 252 g/mol. The van der Waals surface area contributed by atoms with E-state index in [2.05, 4.69) is 6.07 Å². The Balaban J connectivity index is 1.91. The summed E-state index contributed by atoms with van der Waals surface area (Å²) in [5, 5.41) is 9.72. The van der Waals surface area contributed by atoms with E-state index in [1.54, 1.807) is 12.3 Å². The molecule has 1 unspecified atom stereocenters. The smallest absolute Gasteiger partial charge is 0.127 e. The van der Waals surface area contributed by atoms with Crippen LogP contribution < -0.4 is 4.74 Å². The average molecular weight is 266 g/mol. The Labute approximate surface area is 117 Å². The van der Waals surface area contributed by atoms with E-state index in [9.17, 15) is 5.11 Å². The third-order valence-electron chi connectivity index (χ3n) is 3.82. The summed E-state index contributed by atoms with van der Waals surface area (Å²) >= 11 is 0. The van der Waals surface area contributed by atoms with Crippen molar-refractivity contribution in [2.75, 3.05) is 6.61 Å². The highest BCUT2D eigenvalue weighted by molar-refractivity contribution is 5.85. The second kappa shape index (κ2) is 4.39. The number of hydrogen-bond donors (Lipinski definition) is 1. The van der Waals surface area contributed by atoms with E-state index in [1.807, 2.05) is 30.4 Å². The third-order valence-corrected chi connectivity index (χ3v) is 3.82. The van der Waals surface area contributed by atoms with Crippen LogP contribution in [0.25, 0.3) is 5.57 Å². The molecule has 1 atom stereocenters. The fraction of sp³-hybridized carbons (Fsp3) is 0.176. The monoisotopic (exact) mass is 266 g/mol. The predicted octanol–water partition coefficient (Wildman–Crippen LogP) is 2.95. The van der Waals surface area contributed by atoms with E-state index in [-0.39, 0.29) is 0 Å². The first kappa shape index (κ1) is 11.6. The van der Waals surface area contributed by atoms with Gasteiger partial charge in [-0.25, -0.2) is 0 Å². The first-order chi connectivity index (χ1) is 9.83. The number of rotatable bonds is 0. The number of ether oxygens (including phenoxy) is 2. The van der Waals surface area contributed by atoms with Gasteiger partial charge < -0.3 is 14.6 Å². The molecule has 0 bridgehead atoms. The number of benzene rings is 1. The van der Waals surface area contributed by atoms with Crippen molar-refractivity contribution in [3.8, 4) is 5.75 Å². The molecule has 0 aromatic heterocycles. The molecule has 0 amide bonds. The molecule has 2 heterocycles. The Morgan fingerprint density at radius 3 is 2.95 bits per heavy atom. The van der Waals surface area contributed by atoms with Gasteiger partial charge in [0.25, 0.3) is 0 Å². The van der Waals surface area contributed by atoms with Gasteiger partial charge in [-0.15, -0.1) is 0 Å². The van der Waals surface area contributed by atoms with E-state index in [4.69, 9.17) is 9.47 Å². The van der Waals surface area contributed by atoms with Gasteiger partial charge in [0.1, 0.15) is 18.1 Å². The van der Waals surface area contributed by atoms with Gasteiger partial charge in [0.05, 0.1) is 12.4 Å². The van der Waals surface area contributed by atoms with Crippen molar-refractivity contribution < 1.29 is 14.6 Å². The van der Waals surface area contributed by atoms with Gasteiger partial charge in [0.2, 0.25) is 0 Å². The summed E-state index contributed by atoms with van der Waals surface area (Å²) in [7, 11) is 0. The number of para-hydroxylation sites is 1. The van der Waals surface area contributed by atoms with Gasteiger partial charge in [-0.3, -0.25) is 0 Å². The van der Waals surface area contributed by atoms with E-state index in [0.717, 1.165) is 33.8 Å². The third kappa shape index (κ3) is 1.71. The summed E-state index contributed by atoms with van der Waals surface area (Å²) in [5.74, 6) is 1.71. The second-order valence-electron chi connectivity index (χ2n) is 5.07. The minimum Gasteiger partial charge on any atom is -0.488 e. The van der Waals surface area contributed by atoms with Crippen LogP contribution in [0.5, 0.6) is 5.75 Å². The lowest BCUT2D eigenvalue weighted by molar-refractivity contribution is 0.192. The van der Waals surface area contributed by atoms with Crippen molar-refractivity contribution in [1.29, 1.82) is 0 Å². The maximum absolute atomic E-state index is 9.72. The molecule has 3 nitrogen and oxygen atoms in total. The van der Waals surface area contributed by atoms with Crippen LogP contribution in [0.4, 0.5) is 0 Å². The van der Waals surface area contributed by atoms with Gasteiger partial charge in [0.15, 0.2) is 0 Å². The molecule has 2 aliphatic heterocycles. The first-order valence-electron chi connectivity index (χ1n) is 6.71. The molecule has 100 valence electrons. The zero-order chi connectivity index (χ0) is 13.5. The molecule has 0 saturated carbocycles. The van der Waals surface area contributed by atoms with Gasteiger partial charge in [0, 0.05) is 23.1 Å². The number of allylic oxidation sites excluding steroid dienone is 3. The van der Waals surface area contributed by atoms with Crippen LogP contribution in [0.15, 0.2) is 65.7 Å². The van der Waals surface area contributed by atoms with Crippen LogP contribution in [-0.4, -0.2) is 17.8 Å². The van der Waals surface area contributed by atoms with Crippen LogP contribution in [0.2, 0.25) is 0 Å². The van der Waals surface area contributed by atoms with Crippen molar-refractivity contribution >= 4 is 5.57 Å². The summed E-state index contributed by atoms with van der Waals surface area (Å²) < 4.78 is 11.5. The Morgan fingerprint density at radius 2 is 2.00 bits per heavy atom. The van der Waals surface area contributed by atoms with Crippen molar-refractivity contribution in [2.24, 2.45) is 0 Å². The molecule has 1 aliphatic carbocycles. The molecule has 0 radical (unpaired) electrons. The molecule has 1 aromatic carbocycles. The lowest BCUT2D eigenvalue weighted by atomic mass is 9.89. The SMILES string of the molecule is OC1C=CC2=C(C1)OC=CC1=C2COc2ccccc21. The van der Waals surface area contributed by atoms with Crippen molar-refractivity contribution in [3.63, 3.8) is 0 Å². The van der Waals surface area contributed by atoms with Crippen LogP contribution in [-0.2, 0) is 4.74 Å². The maximum atomic E-state index is 9.72. The number of hydrogen-bond acceptors (Lipinski definition) is 3. The van der Waals surface area contributed by atoms with Crippen molar-refractivity contribution in [1.82, 2.24) is 0 Å². The zero-order valence-corrected chi connectivity index (χ0v) is 10.9. The first-order valence-corrected chi connectivity index (χ1v) is 6.71. The minimum atomic E-state index is -0.471.